The molecule has 1 N–H and O–H groups in total. The number of carbonyl (C=O) groups excluding carboxylic acids is 2. The average molecular weight is 413 g/mol. The molecular weight excluding hydrogens is 392 g/mol. The van der Waals surface area contributed by atoms with Gasteiger partial charge in [0, 0.05) is 28.8 Å². The maximum Gasteiger partial charge on any atom is 0.253 e. The van der Waals surface area contributed by atoms with Gasteiger partial charge >= 0.3 is 0 Å². The lowest BCUT2D eigenvalue weighted by Gasteiger charge is -2.18. The van der Waals surface area contributed by atoms with Gasteiger partial charge in [-0.2, -0.15) is 0 Å². The van der Waals surface area contributed by atoms with E-state index in [0.29, 0.717) is 11.3 Å². The zero-order chi connectivity index (χ0) is 18.1. The van der Waals surface area contributed by atoms with Crippen molar-refractivity contribution in [1.82, 2.24) is 4.90 Å². The number of likely N-dealkylation sites (tertiary alicyclic amines) is 1. The van der Waals surface area contributed by atoms with Crippen molar-refractivity contribution in [2.24, 2.45) is 0 Å². The topological polar surface area (TPSA) is 49.4 Å². The molecule has 1 aliphatic heterocycles. The van der Waals surface area contributed by atoms with Crippen molar-refractivity contribution in [2.75, 3.05) is 18.4 Å². The van der Waals surface area contributed by atoms with Gasteiger partial charge in [0.25, 0.3) is 5.91 Å². The predicted molar refractivity (Wildman–Crippen MR) is 105 cm³/mol. The molecule has 0 unspecified atom stereocenters. The van der Waals surface area contributed by atoms with Crippen LogP contribution in [0.3, 0.4) is 0 Å². The van der Waals surface area contributed by atoms with Gasteiger partial charge in [-0.05, 0) is 61.6 Å². The molecule has 2 amide bonds. The van der Waals surface area contributed by atoms with Crippen LogP contribution in [0, 0.1) is 0 Å². The minimum atomic E-state index is -0.435. The summed E-state index contributed by atoms with van der Waals surface area (Å²) in [5.74, 6) is 0.0539. The highest BCUT2D eigenvalue weighted by molar-refractivity contribution is 9.10. The summed E-state index contributed by atoms with van der Waals surface area (Å²) in [6.07, 6.45) is 3.84. The van der Waals surface area contributed by atoms with Gasteiger partial charge in [-0.15, -0.1) is 0 Å². The van der Waals surface area contributed by atoms with Crippen LogP contribution in [-0.2, 0) is 10.2 Å². The second kappa shape index (κ2) is 6.88. The Morgan fingerprint density at radius 3 is 2.35 bits per heavy atom. The Morgan fingerprint density at radius 1 is 1.00 bits per heavy atom. The molecule has 4 nitrogen and oxygen atoms in total. The van der Waals surface area contributed by atoms with Crippen LogP contribution in [0.25, 0.3) is 0 Å². The monoisotopic (exact) mass is 412 g/mol. The third-order valence-electron chi connectivity index (χ3n) is 5.34. The molecule has 2 aliphatic rings. The first kappa shape index (κ1) is 17.3. The summed E-state index contributed by atoms with van der Waals surface area (Å²) in [4.78, 5) is 27.3. The van der Waals surface area contributed by atoms with Gasteiger partial charge in [-0.3, -0.25) is 9.59 Å². The molecule has 2 fully saturated rings. The molecule has 0 spiro atoms. The first-order valence-electron chi connectivity index (χ1n) is 9.05. The Morgan fingerprint density at radius 2 is 1.69 bits per heavy atom. The number of rotatable bonds is 4. The van der Waals surface area contributed by atoms with E-state index in [2.05, 4.69) is 21.2 Å². The van der Waals surface area contributed by atoms with E-state index in [1.165, 1.54) is 0 Å². The number of benzene rings is 2. The molecule has 4 rings (SSSR count). The second-order valence-electron chi connectivity index (χ2n) is 7.12. The maximum atomic E-state index is 12.9. The van der Waals surface area contributed by atoms with Gasteiger partial charge in [0.05, 0.1) is 5.41 Å². The second-order valence-corrected chi connectivity index (χ2v) is 8.04. The largest absolute Gasteiger partial charge is 0.339 e. The first-order valence-corrected chi connectivity index (χ1v) is 9.85. The molecule has 0 aromatic heterocycles. The van der Waals surface area contributed by atoms with E-state index in [9.17, 15) is 9.59 Å². The Kier molecular flexibility index (Phi) is 4.57. The van der Waals surface area contributed by atoms with E-state index in [-0.39, 0.29) is 11.8 Å². The summed E-state index contributed by atoms with van der Waals surface area (Å²) in [5, 5.41) is 3.02. The first-order chi connectivity index (χ1) is 12.6. The third kappa shape index (κ3) is 3.28. The van der Waals surface area contributed by atoms with Gasteiger partial charge in [0.2, 0.25) is 5.91 Å². The quantitative estimate of drug-likeness (QED) is 0.810. The Bertz CT molecular complexity index is 837. The number of carbonyl (C=O) groups is 2. The Balaban J connectivity index is 1.50. The van der Waals surface area contributed by atoms with Gasteiger partial charge in [-0.1, -0.05) is 34.1 Å². The van der Waals surface area contributed by atoms with E-state index in [4.69, 9.17) is 0 Å². The normalized spacial score (nSPS) is 17.8. The summed E-state index contributed by atoms with van der Waals surface area (Å²) >= 11 is 3.44. The summed E-state index contributed by atoms with van der Waals surface area (Å²) in [7, 11) is 0. The Hall–Kier alpha value is -2.14. The highest BCUT2D eigenvalue weighted by atomic mass is 79.9. The molecular formula is C21H21BrN2O2. The lowest BCUT2D eigenvalue weighted by atomic mass is 9.95. The van der Waals surface area contributed by atoms with Crippen molar-refractivity contribution in [3.05, 3.63) is 64.1 Å². The van der Waals surface area contributed by atoms with Gasteiger partial charge < -0.3 is 10.2 Å². The van der Waals surface area contributed by atoms with E-state index < -0.39 is 5.41 Å². The Labute approximate surface area is 161 Å². The summed E-state index contributed by atoms with van der Waals surface area (Å²) in [5.41, 5.74) is 1.93. The fraction of sp³-hybridized carbons (Fsp3) is 0.333. The van der Waals surface area contributed by atoms with Crippen molar-refractivity contribution in [1.29, 1.82) is 0 Å². The number of anilines is 1. The number of nitrogens with one attached hydrogen (secondary N) is 1. The maximum absolute atomic E-state index is 12.9. The minimum Gasteiger partial charge on any atom is -0.339 e. The van der Waals surface area contributed by atoms with Crippen molar-refractivity contribution in [3.63, 3.8) is 0 Å². The zero-order valence-electron chi connectivity index (χ0n) is 14.5. The number of amides is 2. The number of hydrogen-bond acceptors (Lipinski definition) is 2. The predicted octanol–water partition coefficient (Wildman–Crippen LogP) is 4.36. The molecule has 1 saturated heterocycles. The fourth-order valence-corrected chi connectivity index (χ4v) is 3.89. The van der Waals surface area contributed by atoms with Gasteiger partial charge in [0.1, 0.15) is 0 Å². The smallest absolute Gasteiger partial charge is 0.253 e. The van der Waals surface area contributed by atoms with E-state index in [1.807, 2.05) is 47.4 Å². The van der Waals surface area contributed by atoms with Crippen LogP contribution in [0.2, 0.25) is 0 Å². The lowest BCUT2D eigenvalue weighted by molar-refractivity contribution is -0.118. The molecule has 0 radical (unpaired) electrons. The highest BCUT2D eigenvalue weighted by Crippen LogP contribution is 2.49. The minimum absolute atomic E-state index is 0.00518. The molecule has 134 valence electrons. The molecule has 5 heteroatoms. The standard InChI is InChI=1S/C21H21BrN2O2/c22-17-8-6-16(7-9-17)21(10-11-21)20(26)23-18-5-3-4-15(14-18)19(25)24-12-1-2-13-24/h3-9,14H,1-2,10-13H2,(H,23,26). The fourth-order valence-electron chi connectivity index (χ4n) is 3.62. The molecule has 0 atom stereocenters. The average Bonchev–Trinajstić information content (AvgIpc) is 3.28. The lowest BCUT2D eigenvalue weighted by Crippen LogP contribution is -2.29. The molecule has 2 aromatic carbocycles. The number of nitrogens with zero attached hydrogens (tertiary/aromatic N) is 1. The van der Waals surface area contributed by atoms with Crippen LogP contribution < -0.4 is 5.32 Å². The van der Waals surface area contributed by atoms with Gasteiger partial charge in [-0.25, -0.2) is 0 Å². The van der Waals surface area contributed by atoms with Crippen LogP contribution in [-0.4, -0.2) is 29.8 Å². The highest BCUT2D eigenvalue weighted by Gasteiger charge is 2.51. The molecule has 1 heterocycles. The SMILES string of the molecule is O=C(c1cccc(NC(=O)C2(c3ccc(Br)cc3)CC2)c1)N1CCCC1. The molecule has 1 aliphatic carbocycles. The molecule has 0 bridgehead atoms. The van der Waals surface area contributed by atoms with Crippen molar-refractivity contribution < 1.29 is 9.59 Å². The van der Waals surface area contributed by atoms with Crippen molar-refractivity contribution in [2.45, 2.75) is 31.1 Å². The van der Waals surface area contributed by atoms with Crippen LogP contribution in [0.4, 0.5) is 5.69 Å². The molecule has 1 saturated carbocycles. The molecule has 26 heavy (non-hydrogen) atoms. The number of hydrogen-bond donors (Lipinski definition) is 1. The summed E-state index contributed by atoms with van der Waals surface area (Å²) in [6, 6.07) is 15.2. The number of halogens is 1. The van der Waals surface area contributed by atoms with Crippen LogP contribution in [0.5, 0.6) is 0 Å². The zero-order valence-corrected chi connectivity index (χ0v) is 16.1. The van der Waals surface area contributed by atoms with Crippen LogP contribution in [0.15, 0.2) is 53.0 Å². The third-order valence-corrected chi connectivity index (χ3v) is 5.87. The van der Waals surface area contributed by atoms with Crippen LogP contribution >= 0.6 is 15.9 Å². The van der Waals surface area contributed by atoms with E-state index in [0.717, 1.165) is 48.8 Å². The molecule has 2 aromatic rings. The van der Waals surface area contributed by atoms with E-state index >= 15 is 0 Å². The van der Waals surface area contributed by atoms with E-state index in [1.54, 1.807) is 6.07 Å². The van der Waals surface area contributed by atoms with Crippen molar-refractivity contribution in [3.8, 4) is 0 Å². The van der Waals surface area contributed by atoms with Crippen LogP contribution in [0.1, 0.15) is 41.6 Å². The van der Waals surface area contributed by atoms with Gasteiger partial charge in [0.15, 0.2) is 0 Å². The summed E-state index contributed by atoms with van der Waals surface area (Å²) in [6.45, 7) is 1.64. The van der Waals surface area contributed by atoms with Crippen molar-refractivity contribution >= 4 is 33.4 Å². The summed E-state index contributed by atoms with van der Waals surface area (Å²) < 4.78 is 1.01.